The number of nitrogens with zero attached hydrogens (tertiary/aromatic N) is 3. The standard InChI is InChI=1S/C15H20N4/c1-11-18-14-4-2-3-5-15(14)19(11)10-12-6-7-17-13(8-12)9-16/h6-8H,2-5,9-10,16H2,1H3. The van der Waals surface area contributed by atoms with E-state index in [0.717, 1.165) is 30.9 Å². The number of pyridine rings is 1. The zero-order valence-electron chi connectivity index (χ0n) is 11.4. The van der Waals surface area contributed by atoms with E-state index in [9.17, 15) is 0 Å². The summed E-state index contributed by atoms with van der Waals surface area (Å²) in [5.74, 6) is 1.12. The van der Waals surface area contributed by atoms with Crippen molar-refractivity contribution >= 4 is 0 Å². The molecular weight excluding hydrogens is 236 g/mol. The molecule has 0 bridgehead atoms. The van der Waals surface area contributed by atoms with Gasteiger partial charge in [0.15, 0.2) is 0 Å². The Kier molecular flexibility index (Phi) is 3.34. The normalized spacial score (nSPS) is 14.4. The minimum absolute atomic E-state index is 0.495. The molecule has 3 rings (SSSR count). The van der Waals surface area contributed by atoms with Gasteiger partial charge < -0.3 is 10.3 Å². The van der Waals surface area contributed by atoms with E-state index < -0.39 is 0 Å². The van der Waals surface area contributed by atoms with Gasteiger partial charge in [0.05, 0.1) is 11.4 Å². The quantitative estimate of drug-likeness (QED) is 0.913. The van der Waals surface area contributed by atoms with Gasteiger partial charge in [-0.2, -0.15) is 0 Å². The van der Waals surface area contributed by atoms with Crippen molar-refractivity contribution in [1.29, 1.82) is 0 Å². The smallest absolute Gasteiger partial charge is 0.106 e. The number of imidazole rings is 1. The Morgan fingerprint density at radius 1 is 1.32 bits per heavy atom. The van der Waals surface area contributed by atoms with Gasteiger partial charge in [-0.3, -0.25) is 4.98 Å². The van der Waals surface area contributed by atoms with Crippen molar-refractivity contribution in [1.82, 2.24) is 14.5 Å². The molecule has 100 valence electrons. The largest absolute Gasteiger partial charge is 0.328 e. The predicted molar refractivity (Wildman–Crippen MR) is 74.8 cm³/mol. The van der Waals surface area contributed by atoms with E-state index in [2.05, 4.69) is 28.6 Å². The van der Waals surface area contributed by atoms with Crippen LogP contribution < -0.4 is 5.73 Å². The zero-order valence-corrected chi connectivity index (χ0v) is 11.4. The fourth-order valence-corrected chi connectivity index (χ4v) is 2.87. The molecule has 4 nitrogen and oxygen atoms in total. The van der Waals surface area contributed by atoms with E-state index in [0.29, 0.717) is 6.54 Å². The van der Waals surface area contributed by atoms with Crippen LogP contribution in [0.15, 0.2) is 18.3 Å². The summed E-state index contributed by atoms with van der Waals surface area (Å²) in [4.78, 5) is 8.96. The van der Waals surface area contributed by atoms with Crippen LogP contribution >= 0.6 is 0 Å². The second-order valence-electron chi connectivity index (χ2n) is 5.21. The molecule has 0 aliphatic heterocycles. The summed E-state index contributed by atoms with van der Waals surface area (Å²) in [7, 11) is 0. The van der Waals surface area contributed by atoms with Crippen LogP contribution in [0.25, 0.3) is 0 Å². The maximum Gasteiger partial charge on any atom is 0.106 e. The van der Waals surface area contributed by atoms with Crippen molar-refractivity contribution in [3.05, 3.63) is 46.8 Å². The van der Waals surface area contributed by atoms with Crippen LogP contribution in [0.1, 0.15) is 41.3 Å². The third kappa shape index (κ3) is 2.40. The summed E-state index contributed by atoms with van der Waals surface area (Å²) in [6.45, 7) is 3.47. The molecule has 0 fully saturated rings. The highest BCUT2D eigenvalue weighted by Crippen LogP contribution is 2.23. The second-order valence-corrected chi connectivity index (χ2v) is 5.21. The fourth-order valence-electron chi connectivity index (χ4n) is 2.87. The highest BCUT2D eigenvalue weighted by molar-refractivity contribution is 5.23. The maximum atomic E-state index is 5.65. The van der Waals surface area contributed by atoms with Gasteiger partial charge in [0.1, 0.15) is 5.82 Å². The van der Waals surface area contributed by atoms with Gasteiger partial charge in [0.25, 0.3) is 0 Å². The van der Waals surface area contributed by atoms with Gasteiger partial charge in [0.2, 0.25) is 0 Å². The number of hydrogen-bond acceptors (Lipinski definition) is 3. The van der Waals surface area contributed by atoms with E-state index >= 15 is 0 Å². The Labute approximate surface area is 113 Å². The lowest BCUT2D eigenvalue weighted by Gasteiger charge is -2.15. The minimum Gasteiger partial charge on any atom is -0.328 e. The monoisotopic (exact) mass is 256 g/mol. The zero-order chi connectivity index (χ0) is 13.2. The molecule has 0 saturated heterocycles. The van der Waals surface area contributed by atoms with Gasteiger partial charge in [-0.1, -0.05) is 0 Å². The van der Waals surface area contributed by atoms with Gasteiger partial charge in [-0.15, -0.1) is 0 Å². The molecule has 2 aromatic heterocycles. The van der Waals surface area contributed by atoms with Crippen molar-refractivity contribution in [2.75, 3.05) is 0 Å². The molecule has 2 N–H and O–H groups in total. The Hall–Kier alpha value is -1.68. The van der Waals surface area contributed by atoms with Gasteiger partial charge in [-0.05, 0) is 50.3 Å². The highest BCUT2D eigenvalue weighted by Gasteiger charge is 2.17. The van der Waals surface area contributed by atoms with Crippen molar-refractivity contribution in [3.63, 3.8) is 0 Å². The van der Waals surface area contributed by atoms with E-state index in [-0.39, 0.29) is 0 Å². The summed E-state index contributed by atoms with van der Waals surface area (Å²) in [6, 6.07) is 4.16. The lowest BCUT2D eigenvalue weighted by Crippen LogP contribution is -2.11. The SMILES string of the molecule is Cc1nc2c(n1Cc1ccnc(CN)c1)CCCC2. The molecule has 0 spiro atoms. The number of aryl methyl sites for hydroxylation is 2. The van der Waals surface area contributed by atoms with E-state index in [1.54, 1.807) is 0 Å². The van der Waals surface area contributed by atoms with Crippen LogP contribution in [0.3, 0.4) is 0 Å². The number of rotatable bonds is 3. The molecule has 0 unspecified atom stereocenters. The molecular formula is C15H20N4. The third-order valence-corrected chi connectivity index (χ3v) is 3.85. The first-order valence-corrected chi connectivity index (χ1v) is 6.96. The summed E-state index contributed by atoms with van der Waals surface area (Å²) in [5.41, 5.74) is 10.6. The van der Waals surface area contributed by atoms with Crippen LogP contribution in [0.2, 0.25) is 0 Å². The summed E-state index contributed by atoms with van der Waals surface area (Å²) in [5, 5.41) is 0. The Bertz CT molecular complexity index is 586. The lowest BCUT2D eigenvalue weighted by atomic mass is 10.0. The average Bonchev–Trinajstić information content (AvgIpc) is 2.76. The third-order valence-electron chi connectivity index (χ3n) is 3.85. The van der Waals surface area contributed by atoms with Crippen molar-refractivity contribution in [3.8, 4) is 0 Å². The maximum absolute atomic E-state index is 5.65. The molecule has 4 heteroatoms. The summed E-state index contributed by atoms with van der Waals surface area (Å²) in [6.07, 6.45) is 6.69. The molecule has 0 atom stereocenters. The number of aromatic nitrogens is 3. The molecule has 2 heterocycles. The van der Waals surface area contributed by atoms with Crippen LogP contribution in [0.4, 0.5) is 0 Å². The van der Waals surface area contributed by atoms with Gasteiger partial charge >= 0.3 is 0 Å². The number of hydrogen-bond donors (Lipinski definition) is 1. The van der Waals surface area contributed by atoms with Crippen molar-refractivity contribution in [2.24, 2.45) is 5.73 Å². The number of fused-ring (bicyclic) bond motifs is 1. The van der Waals surface area contributed by atoms with E-state index in [1.165, 1.54) is 29.8 Å². The molecule has 0 saturated carbocycles. The van der Waals surface area contributed by atoms with Crippen LogP contribution in [-0.4, -0.2) is 14.5 Å². The molecule has 19 heavy (non-hydrogen) atoms. The van der Waals surface area contributed by atoms with Gasteiger partial charge in [0, 0.05) is 25.0 Å². The molecule has 0 radical (unpaired) electrons. The Balaban J connectivity index is 1.92. The Morgan fingerprint density at radius 3 is 3.00 bits per heavy atom. The van der Waals surface area contributed by atoms with Crippen LogP contribution in [0.5, 0.6) is 0 Å². The second kappa shape index (κ2) is 5.13. The van der Waals surface area contributed by atoms with Crippen molar-refractivity contribution < 1.29 is 0 Å². The average molecular weight is 256 g/mol. The minimum atomic E-state index is 0.495. The first-order valence-electron chi connectivity index (χ1n) is 6.96. The number of nitrogens with two attached hydrogens (primary N) is 1. The van der Waals surface area contributed by atoms with Crippen LogP contribution in [0, 0.1) is 6.92 Å². The van der Waals surface area contributed by atoms with E-state index in [4.69, 9.17) is 10.7 Å². The highest BCUT2D eigenvalue weighted by atomic mass is 15.1. The van der Waals surface area contributed by atoms with Gasteiger partial charge in [-0.25, -0.2) is 4.98 Å². The first-order chi connectivity index (χ1) is 9.28. The lowest BCUT2D eigenvalue weighted by molar-refractivity contribution is 0.624. The molecule has 0 aromatic carbocycles. The van der Waals surface area contributed by atoms with Crippen LogP contribution in [-0.2, 0) is 25.9 Å². The molecule has 2 aromatic rings. The molecule has 1 aliphatic carbocycles. The fraction of sp³-hybridized carbons (Fsp3) is 0.467. The first kappa shape index (κ1) is 12.4. The summed E-state index contributed by atoms with van der Waals surface area (Å²) < 4.78 is 2.35. The Morgan fingerprint density at radius 2 is 2.16 bits per heavy atom. The van der Waals surface area contributed by atoms with Crippen molar-refractivity contribution in [2.45, 2.75) is 45.7 Å². The molecule has 0 amide bonds. The van der Waals surface area contributed by atoms with E-state index in [1.807, 2.05) is 6.20 Å². The predicted octanol–water partition coefficient (Wildman–Crippen LogP) is 1.97. The molecule has 1 aliphatic rings. The topological polar surface area (TPSA) is 56.7 Å². The summed E-state index contributed by atoms with van der Waals surface area (Å²) >= 11 is 0.